The van der Waals surface area contributed by atoms with Crippen LogP contribution in [0.3, 0.4) is 0 Å². The summed E-state index contributed by atoms with van der Waals surface area (Å²) >= 11 is 4.31. The Morgan fingerprint density at radius 1 is 1.05 bits per heavy atom. The summed E-state index contributed by atoms with van der Waals surface area (Å²) in [4.78, 5) is 0. The number of aliphatic hydroxyl groups excluding tert-OH is 1. The third-order valence-corrected chi connectivity index (χ3v) is 4.60. The lowest BCUT2D eigenvalue weighted by molar-refractivity contribution is -0.162. The van der Waals surface area contributed by atoms with E-state index in [1.165, 1.54) is 25.7 Å². The molecule has 2 heterocycles. The molecule has 0 aliphatic carbocycles. The smallest absolute Gasteiger partial charge is 0.355 e. The molecule has 0 amide bonds. The minimum Gasteiger partial charge on any atom is -0.502 e. The van der Waals surface area contributed by atoms with Gasteiger partial charge in [0.15, 0.2) is 25.1 Å². The van der Waals surface area contributed by atoms with Crippen LogP contribution in [-0.4, -0.2) is 96.9 Å². The van der Waals surface area contributed by atoms with Crippen LogP contribution in [0.5, 0.6) is 0 Å². The highest BCUT2D eigenvalue weighted by Gasteiger charge is 2.14. The second-order valence-electron chi connectivity index (χ2n) is 7.94. The zero-order valence-corrected chi connectivity index (χ0v) is 25.1. The van der Waals surface area contributed by atoms with Gasteiger partial charge in [-0.25, -0.2) is 0 Å². The zero-order valence-electron chi connectivity index (χ0n) is 23.2. The number of aliphatic hydroxyl groups is 1. The summed E-state index contributed by atoms with van der Waals surface area (Å²) in [5, 5.41) is 8.22. The van der Waals surface area contributed by atoms with Crippen LogP contribution >= 0.6 is 15.9 Å². The van der Waals surface area contributed by atoms with Crippen molar-refractivity contribution < 1.29 is 19.3 Å². The van der Waals surface area contributed by atoms with Crippen LogP contribution in [0.1, 0.15) is 70.6 Å². The van der Waals surface area contributed by atoms with E-state index in [2.05, 4.69) is 32.6 Å². The van der Waals surface area contributed by atoms with E-state index in [0.717, 1.165) is 64.8 Å². The molecule has 37 heavy (non-hydrogen) atoms. The van der Waals surface area contributed by atoms with Gasteiger partial charge in [-0.05, 0) is 63.9 Å². The first-order chi connectivity index (χ1) is 18.1. The Morgan fingerprint density at radius 3 is 1.97 bits per heavy atom. The van der Waals surface area contributed by atoms with Crippen LogP contribution in [0.2, 0.25) is 0 Å². The molecule has 1 N–H and O–H groups in total. The Hall–Kier alpha value is 0.00948. The van der Waals surface area contributed by atoms with Crippen molar-refractivity contribution in [1.82, 2.24) is 0 Å². The molecule has 3 unspecified atom stereocenters. The lowest BCUT2D eigenvalue weighted by Crippen LogP contribution is -2.52. The van der Waals surface area contributed by atoms with E-state index < -0.39 is 26.1 Å². The van der Waals surface area contributed by atoms with E-state index in [1.54, 1.807) is 6.26 Å². The molecular weight excluding hydrogens is 509 g/mol. The summed E-state index contributed by atoms with van der Waals surface area (Å²) in [7, 11) is 28.0. The van der Waals surface area contributed by atoms with Gasteiger partial charge in [-0.15, -0.1) is 24.7 Å². The molecule has 15 heteroatoms. The normalized spacial score (nSPS) is 15.6. The molecule has 0 aromatic heterocycles. The molecule has 0 aromatic rings. The SMILES string of the molecule is C#CCCCCO.C#CCCCCOC1CCCCO1.C1=COCCC1.[3H][P+](P)=S.[B]B([B])B([B])B([B])[B]. The van der Waals surface area contributed by atoms with Crippen LogP contribution in [-0.2, 0) is 26.0 Å². The second-order valence-corrected chi connectivity index (χ2v) is 10.7. The average Bonchev–Trinajstić information content (AvgIpc) is 2.91. The van der Waals surface area contributed by atoms with Gasteiger partial charge in [-0.3, -0.25) is 0 Å². The first-order valence-corrected chi connectivity index (χ1v) is 16.1. The summed E-state index contributed by atoms with van der Waals surface area (Å²) in [6.07, 6.45) is 23.6. The molecule has 0 aromatic carbocycles. The molecule has 190 valence electrons. The van der Waals surface area contributed by atoms with Gasteiger partial charge in [0, 0.05) is 90.5 Å². The molecule has 0 saturated carbocycles. The van der Waals surface area contributed by atoms with Crippen molar-refractivity contribution in [2.45, 2.75) is 76.9 Å². The summed E-state index contributed by atoms with van der Waals surface area (Å²) < 4.78 is 22.3. The van der Waals surface area contributed by atoms with Crippen LogP contribution < -0.4 is 0 Å². The minimum absolute atomic E-state index is 0.0552. The Morgan fingerprint density at radius 2 is 1.65 bits per heavy atom. The maximum atomic E-state index is 8.22. The molecule has 10 radical (unpaired) electrons. The molecule has 2 aliphatic rings. The van der Waals surface area contributed by atoms with E-state index in [4.69, 9.17) is 72.1 Å². The largest absolute Gasteiger partial charge is 0.502 e. The Balaban J connectivity index is -0.000000428. The number of rotatable bonds is 10. The fourth-order valence-corrected chi connectivity index (χ4v) is 2.47. The van der Waals surface area contributed by atoms with Gasteiger partial charge < -0.3 is 19.3 Å². The number of allylic oxidation sites excluding steroid dienone is 1. The standard InChI is InChI=1S/C11H18O2.C6H10O.C5H8O.B8.H2P2S/c1-2-3-4-6-9-12-11-8-5-7-10-13-11;1-2-3-4-5-6-7;1-2-4-6-5-3-1;1-6(2)8(5)7(3)4;1-2-3/h1,11H,3-10H2;1,7H,3-6H2;2,4H,1,3,5H2;;1H2/p+1/i/hT. The summed E-state index contributed by atoms with van der Waals surface area (Å²) in [5.41, 5.74) is 0. The van der Waals surface area contributed by atoms with Gasteiger partial charge in [0.05, 0.1) is 21.8 Å². The molecule has 1 fully saturated rings. The fraction of sp³-hybridized carbons (Fsp3) is 0.727. The van der Waals surface area contributed by atoms with Gasteiger partial charge >= 0.3 is 1.28 Å². The van der Waals surface area contributed by atoms with Crippen LogP contribution in [0.15, 0.2) is 12.3 Å². The predicted molar refractivity (Wildman–Crippen MR) is 178 cm³/mol. The molecule has 0 spiro atoms. The summed E-state index contributed by atoms with van der Waals surface area (Å²) in [5.74, 6) is 5.11. The van der Waals surface area contributed by atoms with Crippen LogP contribution in [0.4, 0.5) is 0 Å². The van der Waals surface area contributed by atoms with Crippen molar-refractivity contribution in [2.24, 2.45) is 0 Å². The van der Waals surface area contributed by atoms with Crippen LogP contribution in [0.25, 0.3) is 0 Å². The van der Waals surface area contributed by atoms with Crippen molar-refractivity contribution in [3.05, 3.63) is 12.3 Å². The van der Waals surface area contributed by atoms with Gasteiger partial charge in [-0.2, -0.15) is 0 Å². The van der Waals surface area contributed by atoms with E-state index in [-0.39, 0.29) is 12.9 Å². The number of unbranched alkanes of at least 4 members (excludes halogenated alkanes) is 4. The third kappa shape index (κ3) is 38.2. The lowest BCUT2D eigenvalue weighted by Gasteiger charge is -2.22. The van der Waals surface area contributed by atoms with E-state index in [0.29, 0.717) is 0 Å². The van der Waals surface area contributed by atoms with Gasteiger partial charge in [0.25, 0.3) is 0 Å². The quantitative estimate of drug-likeness (QED) is 0.196. The van der Waals surface area contributed by atoms with Crippen molar-refractivity contribution in [3.63, 3.8) is 0 Å². The minimum atomic E-state index is -0.870. The van der Waals surface area contributed by atoms with Crippen molar-refractivity contribution >= 4 is 85.6 Å². The Kier molecular flexibility index (Phi) is 38.1. The maximum absolute atomic E-state index is 8.22. The fourth-order valence-electron chi connectivity index (χ4n) is 2.47. The number of hydrogen-bond donors (Lipinski definition) is 1. The zero-order chi connectivity index (χ0) is 29.4. The van der Waals surface area contributed by atoms with E-state index in [9.17, 15) is 0 Å². The van der Waals surface area contributed by atoms with Crippen molar-refractivity contribution in [3.8, 4) is 24.7 Å². The average molecular weight is 550 g/mol. The first kappa shape index (κ1) is 39.2. The molecule has 2 aliphatic heterocycles. The van der Waals surface area contributed by atoms with Crippen molar-refractivity contribution in [2.75, 3.05) is 26.4 Å². The highest BCUT2D eigenvalue weighted by molar-refractivity contribution is 8.24. The number of hydrogen-bond acceptors (Lipinski definition) is 5. The molecule has 1 saturated heterocycles. The van der Waals surface area contributed by atoms with Crippen LogP contribution in [0, 0.1) is 24.7 Å². The predicted octanol–water partition coefficient (Wildman–Crippen LogP) is 2.30. The van der Waals surface area contributed by atoms with Gasteiger partial charge in [-0.1, -0.05) is 0 Å². The monoisotopic (exact) mass is 551 g/mol. The van der Waals surface area contributed by atoms with Gasteiger partial charge in [0.2, 0.25) is 0 Å². The van der Waals surface area contributed by atoms with Crippen molar-refractivity contribution in [1.29, 1.82) is 1.28 Å². The van der Waals surface area contributed by atoms with Gasteiger partial charge in [0.1, 0.15) is 0 Å². The second kappa shape index (κ2) is 36.0. The molecule has 4 nitrogen and oxygen atoms in total. The van der Waals surface area contributed by atoms with E-state index in [1.807, 2.05) is 6.08 Å². The Bertz CT molecular complexity index is 617. The number of ether oxygens (including phenoxy) is 3. The molecule has 0 bridgehead atoms. The topological polar surface area (TPSA) is 47.9 Å². The lowest BCUT2D eigenvalue weighted by atomic mass is 8.68. The Labute approximate surface area is 245 Å². The molecule has 2 rings (SSSR count). The molecule has 3 atom stereocenters. The maximum Gasteiger partial charge on any atom is 0.355 e. The number of terminal acetylenes is 2. The third-order valence-electron chi connectivity index (χ3n) is 4.60. The highest BCUT2D eigenvalue weighted by Crippen LogP contribution is 2.14. The summed E-state index contributed by atoms with van der Waals surface area (Å²) in [6, 6.07) is 0. The summed E-state index contributed by atoms with van der Waals surface area (Å²) in [6.45, 7) is 1.95. The van der Waals surface area contributed by atoms with E-state index >= 15 is 0 Å². The highest BCUT2D eigenvalue weighted by atomic mass is 32.6. The first-order valence-electron chi connectivity index (χ1n) is 13.0. The molecular formula is C22H39B8O4P2S+.